The zero-order valence-corrected chi connectivity index (χ0v) is 12.0. The number of hydrogen-bond acceptors (Lipinski definition) is 4. The molecule has 3 rings (SSSR count). The molecule has 0 spiro atoms. The highest BCUT2D eigenvalue weighted by atomic mass is 15.1. The van der Waals surface area contributed by atoms with E-state index in [0.717, 1.165) is 29.7 Å². The summed E-state index contributed by atoms with van der Waals surface area (Å²) in [6.07, 6.45) is 1.02. The quantitative estimate of drug-likeness (QED) is 0.768. The van der Waals surface area contributed by atoms with E-state index in [2.05, 4.69) is 46.5 Å². The Bertz CT molecular complexity index is 768. The molecule has 21 heavy (non-hydrogen) atoms. The van der Waals surface area contributed by atoms with Crippen LogP contribution in [0.4, 0.5) is 11.8 Å². The van der Waals surface area contributed by atoms with Gasteiger partial charge >= 0.3 is 0 Å². The first-order chi connectivity index (χ1) is 10.3. The molecule has 2 aromatic carbocycles. The van der Waals surface area contributed by atoms with E-state index in [9.17, 15) is 0 Å². The fourth-order valence-electron chi connectivity index (χ4n) is 2.48. The number of aryl methyl sites for hydroxylation is 1. The van der Waals surface area contributed by atoms with Gasteiger partial charge in [-0.05, 0) is 29.7 Å². The van der Waals surface area contributed by atoms with Gasteiger partial charge in [-0.15, -0.1) is 0 Å². The Balaban J connectivity index is 1.92. The average molecular weight is 278 g/mol. The zero-order chi connectivity index (χ0) is 14.7. The van der Waals surface area contributed by atoms with Crippen molar-refractivity contribution in [3.8, 4) is 0 Å². The number of benzene rings is 2. The molecule has 4 heteroatoms. The van der Waals surface area contributed by atoms with Crippen LogP contribution < -0.4 is 11.1 Å². The van der Waals surface area contributed by atoms with Gasteiger partial charge in [-0.2, -0.15) is 4.98 Å². The van der Waals surface area contributed by atoms with E-state index in [1.54, 1.807) is 0 Å². The Labute approximate surface area is 124 Å². The lowest BCUT2D eigenvalue weighted by atomic mass is 10.1. The summed E-state index contributed by atoms with van der Waals surface area (Å²) in [7, 11) is 0. The van der Waals surface area contributed by atoms with Crippen LogP contribution in [0.3, 0.4) is 0 Å². The van der Waals surface area contributed by atoms with Crippen molar-refractivity contribution in [1.29, 1.82) is 0 Å². The number of hydrogen-bond donors (Lipinski definition) is 2. The van der Waals surface area contributed by atoms with Crippen LogP contribution >= 0.6 is 0 Å². The number of nitrogen functional groups attached to an aromatic ring is 1. The third-order valence-corrected chi connectivity index (χ3v) is 3.57. The first-order valence-electron chi connectivity index (χ1n) is 7.11. The monoisotopic (exact) mass is 278 g/mol. The molecule has 0 saturated carbocycles. The molecule has 0 unspecified atom stereocenters. The average Bonchev–Trinajstić information content (AvgIpc) is 2.52. The Morgan fingerprint density at radius 2 is 1.67 bits per heavy atom. The molecule has 0 atom stereocenters. The largest absolute Gasteiger partial charge is 0.368 e. The van der Waals surface area contributed by atoms with Crippen molar-refractivity contribution in [1.82, 2.24) is 9.97 Å². The lowest BCUT2D eigenvalue weighted by molar-refractivity contribution is 1.03. The van der Waals surface area contributed by atoms with Crippen LogP contribution in [0.5, 0.6) is 0 Å². The van der Waals surface area contributed by atoms with Gasteiger partial charge in [0.2, 0.25) is 5.95 Å². The summed E-state index contributed by atoms with van der Waals surface area (Å²) in [5.41, 5.74) is 9.27. The van der Waals surface area contributed by atoms with E-state index in [1.807, 2.05) is 24.3 Å². The van der Waals surface area contributed by atoms with Crippen LogP contribution in [-0.2, 0) is 13.0 Å². The second-order valence-corrected chi connectivity index (χ2v) is 4.92. The molecule has 0 aliphatic heterocycles. The molecular weight excluding hydrogens is 260 g/mol. The van der Waals surface area contributed by atoms with Gasteiger partial charge in [-0.25, -0.2) is 4.98 Å². The van der Waals surface area contributed by atoms with Crippen molar-refractivity contribution in [2.45, 2.75) is 19.9 Å². The maximum Gasteiger partial charge on any atom is 0.222 e. The molecule has 0 bridgehead atoms. The number of rotatable bonds is 4. The number of nitrogens with two attached hydrogens (primary N) is 1. The van der Waals surface area contributed by atoms with E-state index < -0.39 is 0 Å². The van der Waals surface area contributed by atoms with Gasteiger partial charge in [0.05, 0.1) is 5.52 Å². The van der Waals surface area contributed by atoms with Crippen LogP contribution in [0, 0.1) is 0 Å². The third-order valence-electron chi connectivity index (χ3n) is 3.57. The van der Waals surface area contributed by atoms with Gasteiger partial charge in [-0.3, -0.25) is 0 Å². The highest BCUT2D eigenvalue weighted by molar-refractivity contribution is 5.89. The first kappa shape index (κ1) is 13.4. The molecular formula is C17H18N4. The van der Waals surface area contributed by atoms with Gasteiger partial charge in [-0.1, -0.05) is 43.3 Å². The number of aromatic nitrogens is 2. The topological polar surface area (TPSA) is 63.8 Å². The number of nitrogens with one attached hydrogen (secondary N) is 1. The normalized spacial score (nSPS) is 10.7. The van der Waals surface area contributed by atoms with Gasteiger partial charge in [0.1, 0.15) is 5.82 Å². The Morgan fingerprint density at radius 1 is 0.952 bits per heavy atom. The van der Waals surface area contributed by atoms with Gasteiger partial charge < -0.3 is 11.1 Å². The Hall–Kier alpha value is -2.62. The Kier molecular flexibility index (Phi) is 3.69. The molecule has 106 valence electrons. The maximum absolute atomic E-state index is 5.79. The smallest absolute Gasteiger partial charge is 0.222 e. The molecule has 0 aliphatic carbocycles. The summed E-state index contributed by atoms with van der Waals surface area (Å²) >= 11 is 0. The highest BCUT2D eigenvalue weighted by Crippen LogP contribution is 2.21. The summed E-state index contributed by atoms with van der Waals surface area (Å²) in [5.74, 6) is 1.07. The lowest BCUT2D eigenvalue weighted by Gasteiger charge is -2.11. The fourth-order valence-corrected chi connectivity index (χ4v) is 2.48. The highest BCUT2D eigenvalue weighted by Gasteiger charge is 2.06. The van der Waals surface area contributed by atoms with Crippen LogP contribution in [0.15, 0.2) is 48.5 Å². The fraction of sp³-hybridized carbons (Fsp3) is 0.176. The molecule has 0 fully saturated rings. The van der Waals surface area contributed by atoms with Crippen molar-refractivity contribution in [2.24, 2.45) is 0 Å². The van der Waals surface area contributed by atoms with E-state index in [1.165, 1.54) is 11.1 Å². The molecule has 3 N–H and O–H groups in total. The zero-order valence-electron chi connectivity index (χ0n) is 12.0. The molecule has 0 amide bonds. The van der Waals surface area contributed by atoms with Crippen LogP contribution in [0.2, 0.25) is 0 Å². The molecule has 3 aromatic rings. The van der Waals surface area contributed by atoms with Gasteiger partial charge in [0.25, 0.3) is 0 Å². The van der Waals surface area contributed by atoms with Crippen molar-refractivity contribution in [3.63, 3.8) is 0 Å². The first-order valence-corrected chi connectivity index (χ1v) is 7.11. The second kappa shape index (κ2) is 5.79. The molecule has 0 radical (unpaired) electrons. The molecule has 4 nitrogen and oxygen atoms in total. The summed E-state index contributed by atoms with van der Waals surface area (Å²) in [6, 6.07) is 16.3. The number of para-hydroxylation sites is 1. The molecule has 1 heterocycles. The predicted octanol–water partition coefficient (Wildman–Crippen LogP) is 3.39. The minimum atomic E-state index is 0.292. The summed E-state index contributed by atoms with van der Waals surface area (Å²) < 4.78 is 0. The Morgan fingerprint density at radius 3 is 2.48 bits per heavy atom. The minimum Gasteiger partial charge on any atom is -0.368 e. The summed E-state index contributed by atoms with van der Waals surface area (Å²) in [6.45, 7) is 2.89. The third kappa shape index (κ3) is 2.79. The number of nitrogens with zero attached hydrogens (tertiary/aromatic N) is 2. The molecule has 0 saturated heterocycles. The SMILES string of the molecule is CCc1ccccc1CNc1nc(N)nc2ccccc12. The van der Waals surface area contributed by atoms with Crippen LogP contribution in [-0.4, -0.2) is 9.97 Å². The van der Waals surface area contributed by atoms with Crippen LogP contribution in [0.1, 0.15) is 18.1 Å². The van der Waals surface area contributed by atoms with E-state index in [0.29, 0.717) is 5.95 Å². The molecule has 1 aromatic heterocycles. The van der Waals surface area contributed by atoms with E-state index in [-0.39, 0.29) is 0 Å². The second-order valence-electron chi connectivity index (χ2n) is 4.92. The van der Waals surface area contributed by atoms with Crippen LogP contribution in [0.25, 0.3) is 10.9 Å². The number of anilines is 2. The summed E-state index contributed by atoms with van der Waals surface area (Å²) in [5, 5.41) is 4.38. The maximum atomic E-state index is 5.79. The number of fused-ring (bicyclic) bond motifs is 1. The summed E-state index contributed by atoms with van der Waals surface area (Å²) in [4.78, 5) is 8.58. The van der Waals surface area contributed by atoms with Crippen molar-refractivity contribution in [3.05, 3.63) is 59.7 Å². The van der Waals surface area contributed by atoms with E-state index >= 15 is 0 Å². The molecule has 0 aliphatic rings. The lowest BCUT2D eigenvalue weighted by Crippen LogP contribution is -2.06. The van der Waals surface area contributed by atoms with Crippen molar-refractivity contribution in [2.75, 3.05) is 11.1 Å². The van der Waals surface area contributed by atoms with E-state index in [4.69, 9.17) is 5.73 Å². The predicted molar refractivity (Wildman–Crippen MR) is 87.1 cm³/mol. The standard InChI is InChI=1S/C17H18N4/c1-2-12-7-3-4-8-13(12)11-19-16-14-9-5-6-10-15(14)20-17(18)21-16/h3-10H,2,11H2,1H3,(H3,18,19,20,21). The minimum absolute atomic E-state index is 0.292. The van der Waals surface area contributed by atoms with Gasteiger partial charge in [0, 0.05) is 11.9 Å². The van der Waals surface area contributed by atoms with Gasteiger partial charge in [0.15, 0.2) is 0 Å². The van der Waals surface area contributed by atoms with Crippen molar-refractivity contribution < 1.29 is 0 Å². The van der Waals surface area contributed by atoms with Crippen molar-refractivity contribution >= 4 is 22.7 Å².